The maximum atomic E-state index is 5.94. The first-order chi connectivity index (χ1) is 5.42. The summed E-state index contributed by atoms with van der Waals surface area (Å²) in [6.45, 7) is 6.66. The molecule has 2 rings (SSSR count). The van der Waals surface area contributed by atoms with Crippen molar-refractivity contribution in [3.63, 3.8) is 0 Å². The number of fused-ring (bicyclic) bond motifs is 2. The molecule has 2 unspecified atom stereocenters. The lowest BCUT2D eigenvalue weighted by Gasteiger charge is -2.44. The highest BCUT2D eigenvalue weighted by atomic mass is 15.8. The van der Waals surface area contributed by atoms with E-state index < -0.39 is 0 Å². The summed E-state index contributed by atoms with van der Waals surface area (Å²) in [6.07, 6.45) is 2.65. The van der Waals surface area contributed by atoms with Crippen LogP contribution in [0.3, 0.4) is 0 Å². The second-order valence-corrected chi connectivity index (χ2v) is 5.26. The van der Waals surface area contributed by atoms with Gasteiger partial charge in [0.15, 0.2) is 0 Å². The average Bonchev–Trinajstić information content (AvgIpc) is 2.17. The molecule has 2 aliphatic rings. The lowest BCUT2D eigenvalue weighted by Crippen LogP contribution is -2.68. The number of hydrogen-bond donors (Lipinski definition) is 2. The van der Waals surface area contributed by atoms with Crippen molar-refractivity contribution >= 4 is 0 Å². The van der Waals surface area contributed by atoms with Crippen molar-refractivity contribution in [1.29, 1.82) is 0 Å². The molecular weight excluding hydrogens is 150 g/mol. The molecule has 0 aromatic heterocycles. The van der Waals surface area contributed by atoms with E-state index in [1.807, 2.05) is 0 Å². The fraction of sp³-hybridized carbons (Fsp3) is 1.00. The zero-order valence-electron chi connectivity index (χ0n) is 8.09. The molecule has 1 saturated heterocycles. The van der Waals surface area contributed by atoms with Gasteiger partial charge in [0.1, 0.15) is 13.1 Å². The molecule has 3 heteroatoms. The maximum absolute atomic E-state index is 5.94. The summed E-state index contributed by atoms with van der Waals surface area (Å²) >= 11 is 0. The van der Waals surface area contributed by atoms with E-state index in [4.69, 9.17) is 11.7 Å². The Morgan fingerprint density at radius 2 is 1.50 bits per heavy atom. The Kier molecular flexibility index (Phi) is 1.57. The Bertz CT molecular complexity index is 180. The van der Waals surface area contributed by atoms with E-state index >= 15 is 0 Å². The molecule has 2 atom stereocenters. The van der Waals surface area contributed by atoms with E-state index in [1.54, 1.807) is 0 Å². The van der Waals surface area contributed by atoms with Gasteiger partial charge < -0.3 is 0 Å². The van der Waals surface area contributed by atoms with Crippen molar-refractivity contribution in [2.24, 2.45) is 28.9 Å². The molecule has 0 radical (unpaired) electrons. The molecule has 1 aliphatic carbocycles. The number of hydrogen-bond acceptors (Lipinski definition) is 2. The molecule has 2 bridgehead atoms. The van der Waals surface area contributed by atoms with Crippen molar-refractivity contribution in [3.8, 4) is 0 Å². The van der Waals surface area contributed by atoms with Crippen LogP contribution in [0, 0.1) is 17.3 Å². The molecule has 0 spiro atoms. The van der Waals surface area contributed by atoms with Crippen LogP contribution in [0.1, 0.15) is 26.7 Å². The third-order valence-electron chi connectivity index (χ3n) is 4.09. The van der Waals surface area contributed by atoms with Gasteiger partial charge in [-0.3, -0.25) is 0 Å². The van der Waals surface area contributed by atoms with Crippen LogP contribution in [-0.4, -0.2) is 17.8 Å². The quantitative estimate of drug-likeness (QED) is 0.413. The van der Waals surface area contributed by atoms with Gasteiger partial charge in [0, 0.05) is 11.8 Å². The Hall–Kier alpha value is -0.120. The predicted molar refractivity (Wildman–Crippen MR) is 48.4 cm³/mol. The van der Waals surface area contributed by atoms with Gasteiger partial charge in [0.05, 0.1) is 0 Å². The summed E-state index contributed by atoms with van der Waals surface area (Å²) in [5.41, 5.74) is 0.487. The minimum Gasteiger partial charge on any atom is -0.175 e. The molecule has 1 saturated carbocycles. The summed E-state index contributed by atoms with van der Waals surface area (Å²) < 4.78 is 0.263. The van der Waals surface area contributed by atoms with E-state index in [0.717, 1.165) is 24.9 Å². The number of quaternary nitrogens is 1. The largest absolute Gasteiger partial charge is 0.175 e. The average molecular weight is 170 g/mol. The lowest BCUT2D eigenvalue weighted by molar-refractivity contribution is -0.963. The Labute approximate surface area is 74.2 Å². The van der Waals surface area contributed by atoms with Gasteiger partial charge in [-0.25, -0.2) is 0 Å². The monoisotopic (exact) mass is 170 g/mol. The number of nitrogens with two attached hydrogens (primary N) is 2. The molecule has 70 valence electrons. The fourth-order valence-electron chi connectivity index (χ4n) is 3.03. The zero-order valence-corrected chi connectivity index (χ0v) is 8.09. The van der Waals surface area contributed by atoms with Crippen molar-refractivity contribution in [3.05, 3.63) is 0 Å². The van der Waals surface area contributed by atoms with Gasteiger partial charge in [-0.05, 0) is 18.3 Å². The normalized spacial score (nSPS) is 43.0. The van der Waals surface area contributed by atoms with Crippen LogP contribution in [-0.2, 0) is 0 Å². The molecule has 12 heavy (non-hydrogen) atoms. The molecule has 0 aromatic rings. The molecule has 1 aliphatic heterocycles. The number of nitrogens with zero attached hydrogens (tertiary/aromatic N) is 1. The van der Waals surface area contributed by atoms with Crippen molar-refractivity contribution in [2.45, 2.75) is 26.7 Å². The Morgan fingerprint density at radius 3 is 1.92 bits per heavy atom. The SMILES string of the molecule is CC1(C)C2CCC1C[N+](N)(N)C2. The van der Waals surface area contributed by atoms with E-state index in [2.05, 4.69) is 13.8 Å². The van der Waals surface area contributed by atoms with Gasteiger partial charge in [-0.15, -0.1) is 0 Å². The van der Waals surface area contributed by atoms with Gasteiger partial charge >= 0.3 is 0 Å². The van der Waals surface area contributed by atoms with Crippen molar-refractivity contribution in [1.82, 2.24) is 0 Å². The molecule has 3 nitrogen and oxygen atoms in total. The Balaban J connectivity index is 2.23. The topological polar surface area (TPSA) is 52.0 Å². The number of rotatable bonds is 0. The minimum atomic E-state index is 0.263. The van der Waals surface area contributed by atoms with Crippen LogP contribution in [0.2, 0.25) is 0 Å². The minimum absolute atomic E-state index is 0.263. The molecule has 1 heterocycles. The highest BCUT2D eigenvalue weighted by Gasteiger charge is 2.53. The third-order valence-corrected chi connectivity index (χ3v) is 4.09. The summed E-state index contributed by atoms with van der Waals surface area (Å²) in [5, 5.41) is 0. The summed E-state index contributed by atoms with van der Waals surface area (Å²) in [6, 6.07) is 0. The van der Waals surface area contributed by atoms with E-state index in [-0.39, 0.29) is 4.70 Å². The van der Waals surface area contributed by atoms with Crippen molar-refractivity contribution < 1.29 is 4.70 Å². The first kappa shape index (κ1) is 8.48. The van der Waals surface area contributed by atoms with Gasteiger partial charge in [-0.2, -0.15) is 16.4 Å². The zero-order chi connectivity index (χ0) is 8.98. The van der Waals surface area contributed by atoms with Gasteiger partial charge in [0.25, 0.3) is 0 Å². The summed E-state index contributed by atoms with van der Waals surface area (Å²) in [7, 11) is 0. The molecule has 4 N–H and O–H groups in total. The summed E-state index contributed by atoms with van der Waals surface area (Å²) in [5.74, 6) is 13.4. The van der Waals surface area contributed by atoms with Crippen LogP contribution in [0.5, 0.6) is 0 Å². The first-order valence-electron chi connectivity index (χ1n) is 4.86. The second kappa shape index (κ2) is 2.22. The van der Waals surface area contributed by atoms with Crippen LogP contribution < -0.4 is 11.7 Å². The predicted octanol–water partition coefficient (Wildman–Crippen LogP) is 0.617. The van der Waals surface area contributed by atoms with Crippen LogP contribution in [0.25, 0.3) is 0 Å². The molecule has 2 fully saturated rings. The molecule has 0 amide bonds. The molecule has 0 aromatic carbocycles. The highest BCUT2D eigenvalue weighted by Crippen LogP contribution is 2.51. The summed E-state index contributed by atoms with van der Waals surface area (Å²) in [4.78, 5) is 0. The van der Waals surface area contributed by atoms with Crippen LogP contribution >= 0.6 is 0 Å². The third kappa shape index (κ3) is 1.08. The van der Waals surface area contributed by atoms with E-state index in [9.17, 15) is 0 Å². The number of piperidine rings is 1. The van der Waals surface area contributed by atoms with E-state index in [0.29, 0.717) is 5.41 Å². The standard InChI is InChI=1S/C9H20N3/c1-9(2)7-3-4-8(9)6-12(10,11)5-7/h7-8H,3-6,10-11H2,1-2H3/q+1. The van der Waals surface area contributed by atoms with Crippen LogP contribution in [0.15, 0.2) is 0 Å². The van der Waals surface area contributed by atoms with Crippen LogP contribution in [0.4, 0.5) is 0 Å². The van der Waals surface area contributed by atoms with Gasteiger partial charge in [-0.1, -0.05) is 13.8 Å². The first-order valence-corrected chi connectivity index (χ1v) is 4.86. The van der Waals surface area contributed by atoms with E-state index in [1.165, 1.54) is 12.8 Å². The Morgan fingerprint density at radius 1 is 1.08 bits per heavy atom. The maximum Gasteiger partial charge on any atom is 0.118 e. The van der Waals surface area contributed by atoms with Crippen molar-refractivity contribution in [2.75, 3.05) is 13.1 Å². The lowest BCUT2D eigenvalue weighted by atomic mass is 9.73. The van der Waals surface area contributed by atoms with Gasteiger partial charge in [0.2, 0.25) is 0 Å². The molecular formula is C9H20N3+. The highest BCUT2D eigenvalue weighted by molar-refractivity contribution is 4.94. The second-order valence-electron chi connectivity index (χ2n) is 5.26. The smallest absolute Gasteiger partial charge is 0.118 e. The fourth-order valence-corrected chi connectivity index (χ4v) is 3.03.